The predicted molar refractivity (Wildman–Crippen MR) is 93.1 cm³/mol. The van der Waals surface area contributed by atoms with Gasteiger partial charge < -0.3 is 4.57 Å². The molecule has 1 fully saturated rings. The van der Waals surface area contributed by atoms with Gasteiger partial charge in [-0.1, -0.05) is 42.6 Å². The second-order valence-electron chi connectivity index (χ2n) is 6.30. The molecule has 0 aliphatic heterocycles. The van der Waals surface area contributed by atoms with Gasteiger partial charge in [-0.2, -0.15) is 0 Å². The van der Waals surface area contributed by atoms with Crippen molar-refractivity contribution in [2.24, 2.45) is 11.8 Å². The second-order valence-corrected chi connectivity index (χ2v) is 7.60. The van der Waals surface area contributed by atoms with Crippen LogP contribution < -0.4 is 0 Å². The molecule has 21 heavy (non-hydrogen) atoms. The predicted octanol–water partition coefficient (Wildman–Crippen LogP) is 5.58. The summed E-state index contributed by atoms with van der Waals surface area (Å²) in [5.74, 6) is 3.23. The fourth-order valence-corrected chi connectivity index (χ4v) is 4.18. The van der Waals surface area contributed by atoms with E-state index in [9.17, 15) is 0 Å². The monoisotopic (exact) mass is 368 g/mol. The first-order chi connectivity index (χ1) is 10.1. The van der Waals surface area contributed by atoms with Crippen molar-refractivity contribution in [2.75, 3.05) is 5.88 Å². The molecule has 0 amide bonds. The Hall–Kier alpha value is -0.540. The number of nitrogens with zero attached hydrogens (tertiary/aromatic N) is 2. The first-order valence-corrected chi connectivity index (χ1v) is 9.17. The largest absolute Gasteiger partial charge is 0.325 e. The SMILES string of the molecule is CC1CCCC(n2c(CCCl)nc3ccc(Br)cc32)C1C. The number of hydrogen-bond donors (Lipinski definition) is 0. The average molecular weight is 370 g/mol. The number of benzene rings is 1. The van der Waals surface area contributed by atoms with E-state index in [4.69, 9.17) is 16.6 Å². The zero-order valence-corrected chi connectivity index (χ0v) is 15.0. The van der Waals surface area contributed by atoms with Crippen molar-refractivity contribution in [1.82, 2.24) is 9.55 Å². The van der Waals surface area contributed by atoms with Gasteiger partial charge in [-0.15, -0.1) is 11.6 Å². The number of aromatic nitrogens is 2. The lowest BCUT2D eigenvalue weighted by molar-refractivity contribution is 0.187. The lowest BCUT2D eigenvalue weighted by Gasteiger charge is -2.36. The molecule has 3 rings (SSSR count). The normalized spacial score (nSPS) is 26.4. The molecule has 1 saturated carbocycles. The second kappa shape index (κ2) is 6.29. The van der Waals surface area contributed by atoms with Crippen molar-refractivity contribution in [3.8, 4) is 0 Å². The number of rotatable bonds is 3. The molecule has 2 aromatic rings. The van der Waals surface area contributed by atoms with E-state index in [1.54, 1.807) is 0 Å². The van der Waals surface area contributed by atoms with Crippen LogP contribution in [0.2, 0.25) is 0 Å². The van der Waals surface area contributed by atoms with Gasteiger partial charge in [-0.05, 0) is 36.5 Å². The lowest BCUT2D eigenvalue weighted by atomic mass is 9.78. The third-order valence-electron chi connectivity index (χ3n) is 5.04. The zero-order valence-electron chi connectivity index (χ0n) is 12.6. The van der Waals surface area contributed by atoms with Crippen molar-refractivity contribution in [1.29, 1.82) is 0 Å². The number of halogens is 2. The smallest absolute Gasteiger partial charge is 0.111 e. The van der Waals surface area contributed by atoms with Gasteiger partial charge in [0.05, 0.1) is 11.0 Å². The maximum absolute atomic E-state index is 6.01. The molecular formula is C17H22BrClN2. The van der Waals surface area contributed by atoms with E-state index in [2.05, 4.69) is 52.5 Å². The molecule has 114 valence electrons. The highest BCUT2D eigenvalue weighted by atomic mass is 79.9. The van der Waals surface area contributed by atoms with Gasteiger partial charge in [0.1, 0.15) is 5.82 Å². The summed E-state index contributed by atoms with van der Waals surface area (Å²) in [5, 5.41) is 0. The molecule has 4 heteroatoms. The number of imidazole rings is 1. The van der Waals surface area contributed by atoms with E-state index in [0.29, 0.717) is 17.8 Å². The van der Waals surface area contributed by atoms with Gasteiger partial charge in [0, 0.05) is 22.8 Å². The molecule has 0 N–H and O–H groups in total. The Morgan fingerprint density at radius 2 is 2.14 bits per heavy atom. The lowest BCUT2D eigenvalue weighted by Crippen LogP contribution is -2.28. The third kappa shape index (κ3) is 2.87. The van der Waals surface area contributed by atoms with Crippen molar-refractivity contribution < 1.29 is 0 Å². The zero-order chi connectivity index (χ0) is 15.0. The Kier molecular flexibility index (Phi) is 4.60. The van der Waals surface area contributed by atoms with Crippen molar-refractivity contribution in [2.45, 2.75) is 45.6 Å². The summed E-state index contributed by atoms with van der Waals surface area (Å²) >= 11 is 9.61. The van der Waals surface area contributed by atoms with E-state index in [-0.39, 0.29) is 0 Å². The van der Waals surface area contributed by atoms with Crippen LogP contribution in [0, 0.1) is 11.8 Å². The van der Waals surface area contributed by atoms with E-state index < -0.39 is 0 Å². The molecule has 3 atom stereocenters. The fourth-order valence-electron chi connectivity index (χ4n) is 3.67. The van der Waals surface area contributed by atoms with Crippen LogP contribution in [0.4, 0.5) is 0 Å². The summed E-state index contributed by atoms with van der Waals surface area (Å²) in [6.07, 6.45) is 4.74. The highest BCUT2D eigenvalue weighted by Gasteiger charge is 2.30. The van der Waals surface area contributed by atoms with Gasteiger partial charge in [0.25, 0.3) is 0 Å². The number of aryl methyl sites for hydroxylation is 1. The van der Waals surface area contributed by atoms with Gasteiger partial charge >= 0.3 is 0 Å². The first kappa shape index (κ1) is 15.4. The summed E-state index contributed by atoms with van der Waals surface area (Å²) in [5.41, 5.74) is 2.33. The highest BCUT2D eigenvalue weighted by Crippen LogP contribution is 2.40. The summed E-state index contributed by atoms with van der Waals surface area (Å²) in [4.78, 5) is 4.84. The summed E-state index contributed by atoms with van der Waals surface area (Å²) in [6.45, 7) is 4.77. The van der Waals surface area contributed by atoms with Gasteiger partial charge in [0.2, 0.25) is 0 Å². The van der Waals surface area contributed by atoms with E-state index in [1.165, 1.54) is 24.8 Å². The molecule has 2 nitrogen and oxygen atoms in total. The minimum absolute atomic E-state index is 0.547. The maximum atomic E-state index is 6.01. The topological polar surface area (TPSA) is 17.8 Å². The number of alkyl halides is 1. The molecule has 0 saturated heterocycles. The van der Waals surface area contributed by atoms with Crippen molar-refractivity contribution >= 4 is 38.6 Å². The summed E-state index contributed by atoms with van der Waals surface area (Å²) in [6, 6.07) is 6.92. The summed E-state index contributed by atoms with van der Waals surface area (Å²) in [7, 11) is 0. The van der Waals surface area contributed by atoms with E-state index in [1.807, 2.05) is 0 Å². The van der Waals surface area contributed by atoms with Crippen molar-refractivity contribution in [3.63, 3.8) is 0 Å². The Morgan fingerprint density at radius 3 is 2.90 bits per heavy atom. The minimum Gasteiger partial charge on any atom is -0.325 e. The van der Waals surface area contributed by atoms with Gasteiger partial charge in [-0.25, -0.2) is 4.98 Å². The van der Waals surface area contributed by atoms with Crippen LogP contribution in [0.25, 0.3) is 11.0 Å². The first-order valence-electron chi connectivity index (χ1n) is 7.84. The van der Waals surface area contributed by atoms with E-state index >= 15 is 0 Å². The Balaban J connectivity index is 2.13. The minimum atomic E-state index is 0.547. The molecule has 0 spiro atoms. The Morgan fingerprint density at radius 1 is 1.33 bits per heavy atom. The fraction of sp³-hybridized carbons (Fsp3) is 0.588. The molecule has 3 unspecified atom stereocenters. The van der Waals surface area contributed by atoms with Crippen LogP contribution in [-0.2, 0) is 6.42 Å². The van der Waals surface area contributed by atoms with Crippen molar-refractivity contribution in [3.05, 3.63) is 28.5 Å². The molecule has 0 radical (unpaired) electrons. The Bertz CT molecular complexity index is 637. The molecule has 0 bridgehead atoms. The number of fused-ring (bicyclic) bond motifs is 1. The van der Waals surface area contributed by atoms with Crippen LogP contribution in [0.1, 0.15) is 45.0 Å². The molecule has 1 heterocycles. The number of hydrogen-bond acceptors (Lipinski definition) is 1. The maximum Gasteiger partial charge on any atom is 0.111 e. The van der Waals surface area contributed by atoms with Gasteiger partial charge in [-0.3, -0.25) is 0 Å². The van der Waals surface area contributed by atoms with Crippen LogP contribution >= 0.6 is 27.5 Å². The molecular weight excluding hydrogens is 348 g/mol. The Labute approximate surface area is 140 Å². The quantitative estimate of drug-likeness (QED) is 0.646. The van der Waals surface area contributed by atoms with E-state index in [0.717, 1.165) is 28.2 Å². The van der Waals surface area contributed by atoms with Crippen LogP contribution in [0.5, 0.6) is 0 Å². The average Bonchev–Trinajstić information content (AvgIpc) is 2.80. The van der Waals surface area contributed by atoms with Gasteiger partial charge in [0.15, 0.2) is 0 Å². The molecule has 1 aromatic heterocycles. The van der Waals surface area contributed by atoms with Crippen LogP contribution in [0.15, 0.2) is 22.7 Å². The standard InChI is InChI=1S/C17H22BrClN2/c1-11-4-3-5-15(12(11)2)21-16-10-13(18)6-7-14(16)20-17(21)8-9-19/h6-7,10-12,15H,3-5,8-9H2,1-2H3. The summed E-state index contributed by atoms with van der Waals surface area (Å²) < 4.78 is 3.59. The molecule has 1 aliphatic rings. The molecule has 1 aromatic carbocycles. The van der Waals surface area contributed by atoms with Crippen LogP contribution in [-0.4, -0.2) is 15.4 Å². The third-order valence-corrected chi connectivity index (χ3v) is 5.72. The van der Waals surface area contributed by atoms with Crippen LogP contribution in [0.3, 0.4) is 0 Å². The highest BCUT2D eigenvalue weighted by molar-refractivity contribution is 9.10. The molecule has 1 aliphatic carbocycles.